The van der Waals surface area contributed by atoms with Crippen LogP contribution in [0.3, 0.4) is 0 Å². The molecular formula is C44H42O5S3. The SMILES string of the molecule is C=C(C)C(=O)OC1(C2CCSC2)c2ccccc2C(=O)c2cc(-c3ccc4c(c3)Sc3ccccc3C4(OC(=O)C(C)(C)C)C3CCSC3)ccc21. The summed E-state index contributed by atoms with van der Waals surface area (Å²) in [6.07, 6.45) is 1.82. The van der Waals surface area contributed by atoms with E-state index in [2.05, 4.69) is 43.0 Å². The normalized spacial score (nSPS) is 24.7. The predicted octanol–water partition coefficient (Wildman–Crippen LogP) is 10.1. The van der Waals surface area contributed by atoms with Gasteiger partial charge < -0.3 is 9.47 Å². The third-order valence-electron chi connectivity index (χ3n) is 10.9. The Bertz CT molecular complexity index is 2140. The van der Waals surface area contributed by atoms with Crippen LogP contribution in [0.4, 0.5) is 0 Å². The zero-order valence-corrected chi connectivity index (χ0v) is 32.4. The Balaban J connectivity index is 1.28. The fourth-order valence-corrected chi connectivity index (χ4v) is 12.1. The Kier molecular flexibility index (Phi) is 9.03. The van der Waals surface area contributed by atoms with E-state index in [1.165, 1.54) is 0 Å². The average Bonchev–Trinajstić information content (AvgIpc) is 3.89. The van der Waals surface area contributed by atoms with Crippen LogP contribution in [0.5, 0.6) is 0 Å². The number of hydrogen-bond donors (Lipinski definition) is 0. The second-order valence-corrected chi connectivity index (χ2v) is 18.7. The summed E-state index contributed by atoms with van der Waals surface area (Å²) in [5.74, 6) is 3.08. The number of carbonyl (C=O) groups excluding carboxylic acids is 3. The summed E-state index contributed by atoms with van der Waals surface area (Å²) in [6, 6.07) is 28.4. The molecule has 2 fully saturated rings. The van der Waals surface area contributed by atoms with Gasteiger partial charge in [0.1, 0.15) is 0 Å². The molecule has 8 heteroatoms. The third kappa shape index (κ3) is 5.59. The summed E-state index contributed by atoms with van der Waals surface area (Å²) in [6.45, 7) is 11.3. The van der Waals surface area contributed by atoms with E-state index in [0.29, 0.717) is 16.7 Å². The van der Waals surface area contributed by atoms with Crippen molar-refractivity contribution < 1.29 is 23.9 Å². The molecule has 0 N–H and O–H groups in total. The molecule has 0 spiro atoms. The van der Waals surface area contributed by atoms with E-state index in [-0.39, 0.29) is 23.6 Å². The molecule has 52 heavy (non-hydrogen) atoms. The molecule has 8 rings (SSSR count). The molecule has 266 valence electrons. The topological polar surface area (TPSA) is 69.7 Å². The van der Waals surface area contributed by atoms with Gasteiger partial charge in [0, 0.05) is 72.1 Å². The third-order valence-corrected chi connectivity index (χ3v) is 14.4. The van der Waals surface area contributed by atoms with Crippen LogP contribution < -0.4 is 0 Å². The molecule has 3 heterocycles. The molecule has 0 radical (unpaired) electrons. The standard InChI is InChI=1S/C44H42O5S3/c1-26(2)40(46)48-43(29-18-20-50-24-29)33-11-7-6-10-31(33)39(45)32-22-27(14-16-34(32)43)28-15-17-36-38(23-28)52-37-13-9-8-12-35(37)44(36,30-19-21-51-25-30)49-41(47)42(3,4)5/h6-17,22-23,29-30H,1,18-21,24-25H2,2-5H3. The zero-order valence-electron chi connectivity index (χ0n) is 30.0. The van der Waals surface area contributed by atoms with Crippen LogP contribution >= 0.6 is 35.3 Å². The van der Waals surface area contributed by atoms with Gasteiger partial charge >= 0.3 is 11.9 Å². The summed E-state index contributed by atoms with van der Waals surface area (Å²) in [4.78, 5) is 43.7. The highest BCUT2D eigenvalue weighted by molar-refractivity contribution is 8.00. The first kappa shape index (κ1) is 35.3. The van der Waals surface area contributed by atoms with Crippen molar-refractivity contribution in [1.82, 2.24) is 0 Å². The summed E-state index contributed by atoms with van der Waals surface area (Å²) < 4.78 is 13.4. The maximum Gasteiger partial charge on any atom is 0.334 e. The first-order valence-electron chi connectivity index (χ1n) is 17.9. The van der Waals surface area contributed by atoms with Crippen molar-refractivity contribution in [1.29, 1.82) is 0 Å². The fourth-order valence-electron chi connectivity index (χ4n) is 8.26. The van der Waals surface area contributed by atoms with Gasteiger partial charge in [0.2, 0.25) is 0 Å². The van der Waals surface area contributed by atoms with Crippen LogP contribution in [0.25, 0.3) is 11.1 Å². The van der Waals surface area contributed by atoms with Gasteiger partial charge in [-0.15, -0.1) is 0 Å². The molecule has 4 unspecified atom stereocenters. The van der Waals surface area contributed by atoms with Crippen LogP contribution in [-0.2, 0) is 30.3 Å². The number of fused-ring (bicyclic) bond motifs is 4. The average molecular weight is 747 g/mol. The predicted molar refractivity (Wildman–Crippen MR) is 211 cm³/mol. The molecule has 4 aromatic carbocycles. The van der Waals surface area contributed by atoms with Crippen molar-refractivity contribution in [2.45, 2.75) is 61.5 Å². The first-order chi connectivity index (χ1) is 24.9. The van der Waals surface area contributed by atoms with Gasteiger partial charge in [-0.3, -0.25) is 9.59 Å². The van der Waals surface area contributed by atoms with Crippen LogP contribution in [0.2, 0.25) is 0 Å². The van der Waals surface area contributed by atoms with Crippen molar-refractivity contribution in [2.24, 2.45) is 17.3 Å². The Hall–Kier alpha value is -3.72. The monoisotopic (exact) mass is 746 g/mol. The molecule has 4 atom stereocenters. The molecule has 3 aliphatic heterocycles. The Morgan fingerprint density at radius 1 is 0.712 bits per heavy atom. The smallest absolute Gasteiger partial charge is 0.334 e. The van der Waals surface area contributed by atoms with Gasteiger partial charge in [0.25, 0.3) is 0 Å². The van der Waals surface area contributed by atoms with Crippen molar-refractivity contribution in [3.63, 3.8) is 0 Å². The van der Waals surface area contributed by atoms with Crippen LogP contribution in [0.15, 0.2) is 107 Å². The lowest BCUT2D eigenvalue weighted by molar-refractivity contribution is -0.172. The second kappa shape index (κ2) is 13.3. The van der Waals surface area contributed by atoms with Gasteiger partial charge in [-0.25, -0.2) is 4.79 Å². The van der Waals surface area contributed by atoms with E-state index < -0.39 is 22.6 Å². The lowest BCUT2D eigenvalue weighted by Crippen LogP contribution is -2.46. The number of ketones is 1. The van der Waals surface area contributed by atoms with Gasteiger partial charge in [0.05, 0.1) is 5.41 Å². The van der Waals surface area contributed by atoms with E-state index >= 15 is 0 Å². The molecule has 0 aromatic heterocycles. The Labute approximate surface area is 318 Å². The van der Waals surface area contributed by atoms with E-state index in [9.17, 15) is 14.4 Å². The highest BCUT2D eigenvalue weighted by Crippen LogP contribution is 2.57. The van der Waals surface area contributed by atoms with Gasteiger partial charge in [-0.2, -0.15) is 23.5 Å². The number of ether oxygens (including phenoxy) is 2. The van der Waals surface area contributed by atoms with Gasteiger partial charge in [-0.05, 0) is 81.4 Å². The number of esters is 2. The molecule has 4 aromatic rings. The lowest BCUT2D eigenvalue weighted by Gasteiger charge is -2.45. The summed E-state index contributed by atoms with van der Waals surface area (Å²) >= 11 is 5.46. The number of carbonyl (C=O) groups is 3. The minimum atomic E-state index is -1.11. The highest BCUT2D eigenvalue weighted by atomic mass is 32.2. The van der Waals surface area contributed by atoms with Gasteiger partial charge in [0.15, 0.2) is 17.0 Å². The Morgan fingerprint density at radius 2 is 1.27 bits per heavy atom. The van der Waals surface area contributed by atoms with Crippen LogP contribution in [-0.4, -0.2) is 40.7 Å². The molecule has 1 aliphatic carbocycles. The van der Waals surface area contributed by atoms with Crippen molar-refractivity contribution >= 4 is 53.0 Å². The largest absolute Gasteiger partial charge is 0.448 e. The molecule has 4 aliphatic rings. The van der Waals surface area contributed by atoms with Gasteiger partial charge in [-0.1, -0.05) is 85.1 Å². The zero-order chi connectivity index (χ0) is 36.4. The number of benzene rings is 4. The first-order valence-corrected chi connectivity index (χ1v) is 21.1. The fraction of sp³-hybridized carbons (Fsp3) is 0.341. The molecular weight excluding hydrogens is 705 g/mol. The van der Waals surface area contributed by atoms with E-state index in [1.807, 2.05) is 92.8 Å². The van der Waals surface area contributed by atoms with Crippen molar-refractivity contribution in [2.75, 3.05) is 23.0 Å². The minimum Gasteiger partial charge on any atom is -0.448 e. The van der Waals surface area contributed by atoms with Crippen LogP contribution in [0, 0.1) is 17.3 Å². The second-order valence-electron chi connectivity index (χ2n) is 15.3. The van der Waals surface area contributed by atoms with Crippen molar-refractivity contribution in [3.05, 3.63) is 130 Å². The number of thioether (sulfide) groups is 2. The van der Waals surface area contributed by atoms with E-state index in [4.69, 9.17) is 9.47 Å². The Morgan fingerprint density at radius 3 is 1.90 bits per heavy atom. The molecule has 5 nitrogen and oxygen atoms in total. The number of rotatable bonds is 6. The molecule has 0 bridgehead atoms. The lowest BCUT2D eigenvalue weighted by atomic mass is 9.67. The highest BCUT2D eigenvalue weighted by Gasteiger charge is 2.54. The summed E-state index contributed by atoms with van der Waals surface area (Å²) in [5, 5.41) is 0. The molecule has 0 amide bonds. The minimum absolute atomic E-state index is 0.00227. The maximum absolute atomic E-state index is 14.4. The summed E-state index contributed by atoms with van der Waals surface area (Å²) in [7, 11) is 0. The maximum atomic E-state index is 14.4. The quantitative estimate of drug-likeness (QED) is 0.143. The van der Waals surface area contributed by atoms with E-state index in [1.54, 1.807) is 18.7 Å². The molecule has 0 saturated carbocycles. The summed E-state index contributed by atoms with van der Waals surface area (Å²) in [5.41, 5.74) is 4.14. The van der Waals surface area contributed by atoms with Crippen molar-refractivity contribution in [3.8, 4) is 11.1 Å². The van der Waals surface area contributed by atoms with E-state index in [0.717, 1.165) is 79.0 Å². The molecule has 2 saturated heterocycles. The van der Waals surface area contributed by atoms with Crippen LogP contribution in [0.1, 0.15) is 78.7 Å². The number of hydrogen-bond acceptors (Lipinski definition) is 8.